The highest BCUT2D eigenvalue weighted by Crippen LogP contribution is 2.54. The molecule has 21 heavy (non-hydrogen) atoms. The number of unbranched alkanes of at least 4 members (excludes halogenated alkanes) is 1. The number of alkyl halides is 1. The molecule has 0 aromatic heterocycles. The number of carbonyl (C=O) groups is 1. The van der Waals surface area contributed by atoms with Gasteiger partial charge >= 0.3 is 5.97 Å². The summed E-state index contributed by atoms with van der Waals surface area (Å²) in [7, 11) is 0. The summed E-state index contributed by atoms with van der Waals surface area (Å²) in [6, 6.07) is 8.02. The minimum Gasteiger partial charge on any atom is -0.480 e. The second-order valence-electron chi connectivity index (χ2n) is 5.72. The fourth-order valence-corrected chi connectivity index (χ4v) is 4.06. The van der Waals surface area contributed by atoms with Crippen molar-refractivity contribution >= 4 is 27.5 Å². The van der Waals surface area contributed by atoms with Crippen LogP contribution in [0.5, 0.6) is 0 Å². The topological polar surface area (TPSA) is 37.3 Å². The molecule has 1 aromatic carbocycles. The van der Waals surface area contributed by atoms with Crippen molar-refractivity contribution in [1.82, 2.24) is 0 Å². The molecule has 3 heteroatoms. The SMILES string of the molecule is O=C(O)C1(CCCCBr)C2=CCCC=C2c2ccccc21. The van der Waals surface area contributed by atoms with Crippen LogP contribution in [0.2, 0.25) is 0 Å². The second-order valence-corrected chi connectivity index (χ2v) is 6.51. The summed E-state index contributed by atoms with van der Waals surface area (Å²) < 4.78 is 0. The number of rotatable bonds is 5. The molecular formula is C18H19BrO2. The smallest absolute Gasteiger partial charge is 0.318 e. The molecule has 110 valence electrons. The summed E-state index contributed by atoms with van der Waals surface area (Å²) in [5, 5.41) is 11.0. The van der Waals surface area contributed by atoms with E-state index in [1.165, 1.54) is 0 Å². The van der Waals surface area contributed by atoms with Crippen molar-refractivity contribution in [3.63, 3.8) is 0 Å². The molecule has 3 rings (SSSR count). The average molecular weight is 347 g/mol. The van der Waals surface area contributed by atoms with E-state index in [1.54, 1.807) is 0 Å². The van der Waals surface area contributed by atoms with Crippen LogP contribution in [-0.2, 0) is 10.2 Å². The summed E-state index contributed by atoms with van der Waals surface area (Å²) in [5.74, 6) is -0.707. The lowest BCUT2D eigenvalue weighted by Gasteiger charge is -2.28. The van der Waals surface area contributed by atoms with Crippen LogP contribution in [0.25, 0.3) is 5.57 Å². The van der Waals surface area contributed by atoms with Crippen molar-refractivity contribution in [1.29, 1.82) is 0 Å². The number of fused-ring (bicyclic) bond motifs is 3. The Hall–Kier alpha value is -1.35. The third-order valence-corrected chi connectivity index (χ3v) is 5.15. The molecule has 0 amide bonds. The standard InChI is InChI=1S/C18H19BrO2/c19-12-6-5-11-18(17(20)21)15-9-3-1-7-13(15)14-8-2-4-10-16(14)18/h1,3,7-10H,2,4-6,11-12H2,(H,20,21). The van der Waals surface area contributed by atoms with Crippen LogP contribution < -0.4 is 0 Å². The van der Waals surface area contributed by atoms with E-state index in [2.05, 4.69) is 34.1 Å². The van der Waals surface area contributed by atoms with Crippen molar-refractivity contribution in [2.45, 2.75) is 37.5 Å². The molecule has 1 atom stereocenters. The summed E-state index contributed by atoms with van der Waals surface area (Å²) >= 11 is 3.44. The molecule has 1 unspecified atom stereocenters. The van der Waals surface area contributed by atoms with Crippen LogP contribution >= 0.6 is 15.9 Å². The van der Waals surface area contributed by atoms with E-state index in [4.69, 9.17) is 0 Å². The van der Waals surface area contributed by atoms with E-state index in [9.17, 15) is 9.90 Å². The van der Waals surface area contributed by atoms with Gasteiger partial charge in [0.05, 0.1) is 0 Å². The van der Waals surface area contributed by atoms with Crippen LogP contribution in [0.1, 0.15) is 43.2 Å². The number of halogens is 1. The molecule has 0 fully saturated rings. The quantitative estimate of drug-likeness (QED) is 0.620. The predicted octanol–water partition coefficient (Wildman–Crippen LogP) is 4.69. The zero-order valence-corrected chi connectivity index (χ0v) is 13.5. The molecule has 0 heterocycles. The van der Waals surface area contributed by atoms with Gasteiger partial charge in [0.1, 0.15) is 5.41 Å². The predicted molar refractivity (Wildman–Crippen MR) is 88.7 cm³/mol. The lowest BCUT2D eigenvalue weighted by atomic mass is 9.73. The van der Waals surface area contributed by atoms with Gasteiger partial charge in [-0.05, 0) is 48.0 Å². The van der Waals surface area contributed by atoms with Crippen LogP contribution in [0.4, 0.5) is 0 Å². The van der Waals surface area contributed by atoms with Crippen molar-refractivity contribution in [2.24, 2.45) is 0 Å². The van der Waals surface area contributed by atoms with E-state index in [-0.39, 0.29) is 0 Å². The van der Waals surface area contributed by atoms with Gasteiger partial charge in [0.15, 0.2) is 0 Å². The van der Waals surface area contributed by atoms with E-state index in [0.29, 0.717) is 6.42 Å². The Labute approximate surface area is 133 Å². The van der Waals surface area contributed by atoms with Gasteiger partial charge in [-0.2, -0.15) is 0 Å². The van der Waals surface area contributed by atoms with Crippen LogP contribution in [-0.4, -0.2) is 16.4 Å². The summed E-state index contributed by atoms with van der Waals surface area (Å²) in [6.45, 7) is 0. The fraction of sp³-hybridized carbons (Fsp3) is 0.389. The van der Waals surface area contributed by atoms with Gasteiger partial charge in [0, 0.05) is 5.33 Å². The maximum absolute atomic E-state index is 12.3. The van der Waals surface area contributed by atoms with Gasteiger partial charge in [-0.15, -0.1) is 0 Å². The number of allylic oxidation sites excluding steroid dienone is 3. The number of carboxylic acids is 1. The number of benzene rings is 1. The monoisotopic (exact) mass is 346 g/mol. The summed E-state index contributed by atoms with van der Waals surface area (Å²) in [6.07, 6.45) is 8.90. The van der Waals surface area contributed by atoms with Gasteiger partial charge in [-0.25, -0.2) is 0 Å². The Balaban J connectivity index is 2.15. The maximum atomic E-state index is 12.3. The normalized spacial score (nSPS) is 23.1. The van der Waals surface area contributed by atoms with E-state index < -0.39 is 11.4 Å². The Morgan fingerprint density at radius 1 is 1.19 bits per heavy atom. The van der Waals surface area contributed by atoms with Crippen LogP contribution in [0, 0.1) is 0 Å². The molecule has 2 aliphatic rings. The van der Waals surface area contributed by atoms with Crippen molar-refractivity contribution in [2.75, 3.05) is 5.33 Å². The first-order valence-corrected chi connectivity index (χ1v) is 8.64. The van der Waals surface area contributed by atoms with E-state index >= 15 is 0 Å². The Morgan fingerprint density at radius 2 is 1.95 bits per heavy atom. The molecule has 0 radical (unpaired) electrons. The Morgan fingerprint density at radius 3 is 2.71 bits per heavy atom. The highest BCUT2D eigenvalue weighted by atomic mass is 79.9. The molecule has 0 saturated carbocycles. The van der Waals surface area contributed by atoms with Crippen LogP contribution in [0.3, 0.4) is 0 Å². The maximum Gasteiger partial charge on any atom is 0.318 e. The molecule has 0 spiro atoms. The average Bonchev–Trinajstić information content (AvgIpc) is 2.80. The van der Waals surface area contributed by atoms with E-state index in [1.807, 2.05) is 18.2 Å². The summed E-state index contributed by atoms with van der Waals surface area (Å²) in [4.78, 5) is 12.3. The number of hydrogen-bond donors (Lipinski definition) is 1. The number of carboxylic acid groups (broad SMARTS) is 1. The van der Waals surface area contributed by atoms with Gasteiger partial charge < -0.3 is 5.11 Å². The lowest BCUT2D eigenvalue weighted by Crippen LogP contribution is -2.35. The highest BCUT2D eigenvalue weighted by molar-refractivity contribution is 9.09. The molecule has 1 N–H and O–H groups in total. The first-order chi connectivity index (χ1) is 10.2. The van der Waals surface area contributed by atoms with Crippen molar-refractivity contribution in [3.05, 3.63) is 53.1 Å². The van der Waals surface area contributed by atoms with Gasteiger partial charge in [-0.1, -0.05) is 58.8 Å². The Bertz CT molecular complexity index is 630. The second kappa shape index (κ2) is 5.80. The first-order valence-electron chi connectivity index (χ1n) is 7.52. The van der Waals surface area contributed by atoms with Gasteiger partial charge in [0.25, 0.3) is 0 Å². The molecule has 0 saturated heterocycles. The third kappa shape index (κ3) is 2.18. The largest absolute Gasteiger partial charge is 0.480 e. The molecule has 2 nitrogen and oxygen atoms in total. The fourth-order valence-electron chi connectivity index (χ4n) is 3.66. The van der Waals surface area contributed by atoms with Crippen molar-refractivity contribution in [3.8, 4) is 0 Å². The molecular weight excluding hydrogens is 328 g/mol. The zero-order chi connectivity index (χ0) is 14.9. The zero-order valence-electron chi connectivity index (χ0n) is 11.9. The van der Waals surface area contributed by atoms with Gasteiger partial charge in [0.2, 0.25) is 0 Å². The van der Waals surface area contributed by atoms with Crippen LogP contribution in [0.15, 0.2) is 42.0 Å². The minimum absolute atomic E-state index is 0.675. The highest BCUT2D eigenvalue weighted by Gasteiger charge is 2.50. The van der Waals surface area contributed by atoms with E-state index in [0.717, 1.165) is 53.3 Å². The number of hydrogen-bond acceptors (Lipinski definition) is 1. The van der Waals surface area contributed by atoms with Crippen molar-refractivity contribution < 1.29 is 9.90 Å². The Kier molecular flexibility index (Phi) is 4.03. The van der Waals surface area contributed by atoms with Gasteiger partial charge in [-0.3, -0.25) is 4.79 Å². The molecule has 0 aliphatic heterocycles. The number of aliphatic carboxylic acids is 1. The minimum atomic E-state index is -0.842. The lowest BCUT2D eigenvalue weighted by molar-refractivity contribution is -0.142. The summed E-state index contributed by atoms with van der Waals surface area (Å²) in [5.41, 5.74) is 3.43. The molecule has 2 aliphatic carbocycles. The molecule has 0 bridgehead atoms. The first kappa shape index (κ1) is 14.6. The molecule has 1 aromatic rings. The third-order valence-electron chi connectivity index (χ3n) is 4.59.